The Bertz CT molecular complexity index is 1010. The van der Waals surface area contributed by atoms with E-state index in [0.29, 0.717) is 19.5 Å². The number of piperidine rings is 3. The van der Waals surface area contributed by atoms with Crippen LogP contribution in [-0.2, 0) is 11.2 Å². The number of nitrogens with zero attached hydrogens (tertiary/aromatic N) is 3. The topological polar surface area (TPSA) is 48.8 Å². The molecular formula is C26H30FN3O2. The number of aromatic nitrogens is 1. The van der Waals surface area contributed by atoms with E-state index >= 15 is 0 Å². The summed E-state index contributed by atoms with van der Waals surface area (Å²) < 4.78 is 19.5. The summed E-state index contributed by atoms with van der Waals surface area (Å²) in [5.74, 6) is 7.46. The van der Waals surface area contributed by atoms with Crippen molar-refractivity contribution < 1.29 is 14.2 Å². The van der Waals surface area contributed by atoms with Gasteiger partial charge in [0.1, 0.15) is 23.7 Å². The van der Waals surface area contributed by atoms with E-state index in [4.69, 9.17) is 9.72 Å². The molecule has 6 rings (SSSR count). The molecule has 1 N–H and O–H groups in total. The number of hydrogen-bond donors (Lipinski definition) is 1. The molecule has 4 saturated heterocycles. The first-order valence-corrected chi connectivity index (χ1v) is 11.5. The molecule has 0 spiro atoms. The van der Waals surface area contributed by atoms with Crippen LogP contribution in [-0.4, -0.2) is 72.7 Å². The van der Waals surface area contributed by atoms with Crippen molar-refractivity contribution in [2.75, 3.05) is 44.7 Å². The lowest BCUT2D eigenvalue weighted by molar-refractivity contribution is -0.0713. The Morgan fingerprint density at radius 2 is 1.94 bits per heavy atom. The fraction of sp³-hybridized carbons (Fsp3) is 0.500. The van der Waals surface area contributed by atoms with Crippen LogP contribution in [0.5, 0.6) is 0 Å². The van der Waals surface area contributed by atoms with Crippen molar-refractivity contribution in [1.29, 1.82) is 0 Å². The second-order valence-electron chi connectivity index (χ2n) is 9.25. The summed E-state index contributed by atoms with van der Waals surface area (Å²) in [6.45, 7) is 3.49. The second kappa shape index (κ2) is 8.82. The molecule has 0 saturated carbocycles. The number of rotatable bonds is 4. The predicted molar refractivity (Wildman–Crippen MR) is 122 cm³/mol. The van der Waals surface area contributed by atoms with Crippen molar-refractivity contribution in [3.8, 4) is 11.8 Å². The van der Waals surface area contributed by atoms with E-state index in [9.17, 15) is 9.50 Å². The van der Waals surface area contributed by atoms with E-state index in [1.54, 1.807) is 7.11 Å². The minimum atomic E-state index is -1.02. The SMILES string of the molecule is CO[C@@H]1CN(c2ccc(C#C[C@@]3(O)CN4CCC3CC4)c(Cc3ccccc3)n2)C[C@@H]1F. The maximum atomic E-state index is 14.2. The van der Waals surface area contributed by atoms with Crippen LogP contribution in [0.4, 0.5) is 10.2 Å². The molecule has 0 unspecified atom stereocenters. The summed E-state index contributed by atoms with van der Waals surface area (Å²) in [7, 11) is 1.55. The van der Waals surface area contributed by atoms with Gasteiger partial charge in [-0.15, -0.1) is 0 Å². The van der Waals surface area contributed by atoms with Gasteiger partial charge in [-0.3, -0.25) is 4.90 Å². The van der Waals surface area contributed by atoms with Crippen LogP contribution in [0.3, 0.4) is 0 Å². The van der Waals surface area contributed by atoms with Gasteiger partial charge in [0.05, 0.1) is 12.2 Å². The number of alkyl halides is 1. The maximum Gasteiger partial charge on any atom is 0.145 e. The van der Waals surface area contributed by atoms with Gasteiger partial charge < -0.3 is 14.7 Å². The van der Waals surface area contributed by atoms with Gasteiger partial charge in [0.25, 0.3) is 0 Å². The van der Waals surface area contributed by atoms with Crippen LogP contribution in [0.2, 0.25) is 0 Å². The molecule has 6 heteroatoms. The summed E-state index contributed by atoms with van der Waals surface area (Å²) in [6, 6.07) is 14.0. The number of aliphatic hydroxyl groups is 1. The first kappa shape index (κ1) is 21.4. The fourth-order valence-corrected chi connectivity index (χ4v) is 5.20. The van der Waals surface area contributed by atoms with Crippen LogP contribution in [0, 0.1) is 17.8 Å². The van der Waals surface area contributed by atoms with E-state index in [-0.39, 0.29) is 12.5 Å². The molecule has 1 aromatic carbocycles. The molecule has 0 radical (unpaired) electrons. The predicted octanol–water partition coefficient (Wildman–Crippen LogP) is 2.65. The van der Waals surface area contributed by atoms with Crippen molar-refractivity contribution in [2.45, 2.75) is 37.1 Å². The summed E-state index contributed by atoms with van der Waals surface area (Å²) in [5.41, 5.74) is 1.85. The molecule has 2 bridgehead atoms. The highest BCUT2D eigenvalue weighted by Gasteiger charge is 2.44. The number of benzene rings is 1. The average Bonchev–Trinajstić information content (AvgIpc) is 3.20. The highest BCUT2D eigenvalue weighted by molar-refractivity contribution is 5.50. The number of methoxy groups -OCH3 is 1. The average molecular weight is 436 g/mol. The molecule has 0 amide bonds. The van der Waals surface area contributed by atoms with Crippen molar-refractivity contribution >= 4 is 5.82 Å². The normalized spacial score (nSPS) is 31.4. The highest BCUT2D eigenvalue weighted by atomic mass is 19.1. The highest BCUT2D eigenvalue weighted by Crippen LogP contribution is 2.35. The molecule has 5 heterocycles. The monoisotopic (exact) mass is 435 g/mol. The largest absolute Gasteiger partial charge is 0.377 e. The summed E-state index contributed by atoms with van der Waals surface area (Å²) in [4.78, 5) is 9.13. The van der Waals surface area contributed by atoms with Crippen LogP contribution < -0.4 is 4.90 Å². The fourth-order valence-electron chi connectivity index (χ4n) is 5.20. The van der Waals surface area contributed by atoms with Crippen molar-refractivity contribution in [3.63, 3.8) is 0 Å². The lowest BCUT2D eigenvalue weighted by Crippen LogP contribution is -2.58. The van der Waals surface area contributed by atoms with Gasteiger partial charge in [0.2, 0.25) is 0 Å². The minimum absolute atomic E-state index is 0.238. The van der Waals surface area contributed by atoms with Crippen molar-refractivity contribution in [3.05, 3.63) is 59.3 Å². The minimum Gasteiger partial charge on any atom is -0.377 e. The quantitative estimate of drug-likeness (QED) is 0.749. The molecule has 3 atom stereocenters. The zero-order valence-corrected chi connectivity index (χ0v) is 18.5. The standard InChI is InChI=1S/C26H30FN3O2/c1-32-24-17-30(16-22(24)27)25-8-7-20(23(28-25)15-19-5-3-2-4-6-19)9-12-26(31)18-29-13-10-21(26)11-14-29/h2-8,21-22,24,31H,10-11,13-18H2,1H3/t22-,24+,26+/m0/s1. The van der Waals surface area contributed by atoms with Crippen molar-refractivity contribution in [2.24, 2.45) is 5.92 Å². The van der Waals surface area contributed by atoms with Gasteiger partial charge in [0, 0.05) is 38.1 Å². The lowest BCUT2D eigenvalue weighted by Gasteiger charge is -2.47. The Labute approximate surface area is 189 Å². The van der Waals surface area contributed by atoms with Gasteiger partial charge in [-0.05, 0) is 43.6 Å². The number of hydrogen-bond acceptors (Lipinski definition) is 5. The Balaban J connectivity index is 1.46. The Hall–Kier alpha value is -2.46. The molecular weight excluding hydrogens is 405 g/mol. The number of halogens is 1. The van der Waals surface area contributed by atoms with Crippen LogP contribution in [0.15, 0.2) is 42.5 Å². The number of fused-ring (bicyclic) bond motifs is 3. The molecule has 168 valence electrons. The Morgan fingerprint density at radius 3 is 2.59 bits per heavy atom. The second-order valence-corrected chi connectivity index (χ2v) is 9.25. The third-order valence-electron chi connectivity index (χ3n) is 7.14. The van der Waals surface area contributed by atoms with Crippen LogP contribution >= 0.6 is 0 Å². The van der Waals surface area contributed by atoms with E-state index in [0.717, 1.165) is 48.6 Å². The van der Waals surface area contributed by atoms with Crippen LogP contribution in [0.1, 0.15) is 29.7 Å². The molecule has 0 aliphatic carbocycles. The molecule has 5 nitrogen and oxygen atoms in total. The first-order valence-electron chi connectivity index (χ1n) is 11.5. The van der Waals surface area contributed by atoms with Crippen molar-refractivity contribution in [1.82, 2.24) is 9.88 Å². The van der Waals surface area contributed by atoms with Gasteiger partial charge in [0.15, 0.2) is 0 Å². The van der Waals surface area contributed by atoms with Crippen LogP contribution in [0.25, 0.3) is 0 Å². The summed E-state index contributed by atoms with van der Waals surface area (Å²) in [5, 5.41) is 11.2. The van der Waals surface area contributed by atoms with E-state index < -0.39 is 17.9 Å². The third-order valence-corrected chi connectivity index (χ3v) is 7.14. The molecule has 4 aliphatic heterocycles. The number of ether oxygens (including phenoxy) is 1. The Morgan fingerprint density at radius 1 is 1.16 bits per heavy atom. The van der Waals surface area contributed by atoms with Gasteiger partial charge in [-0.2, -0.15) is 0 Å². The molecule has 4 fully saturated rings. The summed E-state index contributed by atoms with van der Waals surface area (Å²) >= 11 is 0. The van der Waals surface area contributed by atoms with E-state index in [1.807, 2.05) is 35.2 Å². The van der Waals surface area contributed by atoms with Gasteiger partial charge in [-0.25, -0.2) is 9.37 Å². The molecule has 32 heavy (non-hydrogen) atoms. The maximum absolute atomic E-state index is 14.2. The molecule has 4 aliphatic rings. The molecule has 1 aromatic heterocycles. The molecule has 2 aromatic rings. The zero-order valence-electron chi connectivity index (χ0n) is 18.5. The number of anilines is 1. The van der Waals surface area contributed by atoms with E-state index in [2.05, 4.69) is 28.9 Å². The van der Waals surface area contributed by atoms with Gasteiger partial charge >= 0.3 is 0 Å². The number of pyridine rings is 1. The third kappa shape index (κ3) is 4.25. The zero-order chi connectivity index (χ0) is 22.1. The smallest absolute Gasteiger partial charge is 0.145 e. The van der Waals surface area contributed by atoms with E-state index in [1.165, 1.54) is 0 Å². The summed E-state index contributed by atoms with van der Waals surface area (Å²) in [6.07, 6.45) is 1.18. The lowest BCUT2D eigenvalue weighted by atomic mass is 9.75. The first-order chi connectivity index (χ1) is 15.5. The Kier molecular flexibility index (Phi) is 5.90. The van der Waals surface area contributed by atoms with Gasteiger partial charge in [-0.1, -0.05) is 42.2 Å².